The Morgan fingerprint density at radius 3 is 2.33 bits per heavy atom. The number of nitrogens with one attached hydrogen (secondary N) is 2. The van der Waals surface area contributed by atoms with E-state index in [1.807, 2.05) is 30.3 Å². The van der Waals surface area contributed by atoms with Gasteiger partial charge in [0.15, 0.2) is 0 Å². The monoisotopic (exact) mass is 370 g/mol. The number of hydrogen-bond acceptors (Lipinski definition) is 5. The highest BCUT2D eigenvalue weighted by atomic mass is 16.5. The van der Waals surface area contributed by atoms with Crippen LogP contribution in [0.3, 0.4) is 0 Å². The third kappa shape index (κ3) is 5.85. The van der Waals surface area contributed by atoms with E-state index in [4.69, 9.17) is 9.47 Å². The predicted molar refractivity (Wildman–Crippen MR) is 101 cm³/mol. The van der Waals surface area contributed by atoms with Crippen LogP contribution in [0.2, 0.25) is 0 Å². The first-order chi connectivity index (χ1) is 13.0. The molecule has 0 spiro atoms. The zero-order valence-corrected chi connectivity index (χ0v) is 15.2. The average Bonchev–Trinajstić information content (AvgIpc) is 2.68. The SMILES string of the molecule is CCOC(=O)c1ccccc1NC(=O)NC(Cc1ccccc1)C(=O)OC. The van der Waals surface area contributed by atoms with Gasteiger partial charge >= 0.3 is 18.0 Å². The minimum Gasteiger partial charge on any atom is -0.467 e. The van der Waals surface area contributed by atoms with Crippen molar-refractivity contribution in [3.8, 4) is 0 Å². The van der Waals surface area contributed by atoms with Gasteiger partial charge in [0.1, 0.15) is 6.04 Å². The van der Waals surface area contributed by atoms with E-state index in [0.29, 0.717) is 0 Å². The van der Waals surface area contributed by atoms with Crippen molar-refractivity contribution < 1.29 is 23.9 Å². The molecule has 0 aromatic heterocycles. The Morgan fingerprint density at radius 2 is 1.67 bits per heavy atom. The molecule has 2 N–H and O–H groups in total. The fourth-order valence-corrected chi connectivity index (χ4v) is 2.48. The molecule has 0 bridgehead atoms. The van der Waals surface area contributed by atoms with Crippen LogP contribution >= 0.6 is 0 Å². The molecule has 7 nitrogen and oxygen atoms in total. The summed E-state index contributed by atoms with van der Waals surface area (Å²) >= 11 is 0. The van der Waals surface area contributed by atoms with Crippen LogP contribution in [0.4, 0.5) is 10.5 Å². The van der Waals surface area contributed by atoms with Gasteiger partial charge in [-0.1, -0.05) is 42.5 Å². The number of para-hydroxylation sites is 1. The highest BCUT2D eigenvalue weighted by Gasteiger charge is 2.23. The van der Waals surface area contributed by atoms with E-state index in [1.165, 1.54) is 7.11 Å². The number of urea groups is 1. The highest BCUT2D eigenvalue weighted by molar-refractivity contribution is 6.01. The van der Waals surface area contributed by atoms with Crippen molar-refractivity contribution in [2.24, 2.45) is 0 Å². The Labute approximate surface area is 157 Å². The zero-order chi connectivity index (χ0) is 19.6. The summed E-state index contributed by atoms with van der Waals surface area (Å²) in [5, 5.41) is 5.17. The molecule has 2 aromatic carbocycles. The van der Waals surface area contributed by atoms with Crippen LogP contribution in [0.15, 0.2) is 54.6 Å². The van der Waals surface area contributed by atoms with E-state index in [1.54, 1.807) is 31.2 Å². The lowest BCUT2D eigenvalue weighted by Gasteiger charge is -2.18. The number of hydrogen-bond donors (Lipinski definition) is 2. The minimum absolute atomic E-state index is 0.223. The number of amides is 2. The first-order valence-corrected chi connectivity index (χ1v) is 8.50. The molecule has 0 saturated carbocycles. The molecule has 1 atom stereocenters. The number of benzene rings is 2. The van der Waals surface area contributed by atoms with Crippen molar-refractivity contribution in [3.05, 3.63) is 65.7 Å². The second kappa shape index (κ2) is 9.96. The fourth-order valence-electron chi connectivity index (χ4n) is 2.48. The number of anilines is 1. The van der Waals surface area contributed by atoms with Crippen LogP contribution < -0.4 is 10.6 Å². The molecule has 2 rings (SSSR count). The number of rotatable bonds is 7. The maximum Gasteiger partial charge on any atom is 0.340 e. The van der Waals surface area contributed by atoms with E-state index in [-0.39, 0.29) is 24.3 Å². The molecule has 27 heavy (non-hydrogen) atoms. The lowest BCUT2D eigenvalue weighted by Crippen LogP contribution is -2.45. The predicted octanol–water partition coefficient (Wildman–Crippen LogP) is 2.77. The summed E-state index contributed by atoms with van der Waals surface area (Å²) in [4.78, 5) is 36.4. The van der Waals surface area contributed by atoms with Crippen molar-refractivity contribution in [2.45, 2.75) is 19.4 Å². The summed E-state index contributed by atoms with van der Waals surface area (Å²) in [6, 6.07) is 14.2. The molecule has 2 aromatic rings. The maximum absolute atomic E-state index is 12.4. The Bertz CT molecular complexity index is 792. The molecular formula is C20H22N2O5. The molecule has 0 aliphatic carbocycles. The normalized spacial score (nSPS) is 11.2. The zero-order valence-electron chi connectivity index (χ0n) is 15.2. The second-order valence-corrected chi connectivity index (χ2v) is 5.63. The van der Waals surface area contributed by atoms with Crippen molar-refractivity contribution >= 4 is 23.7 Å². The molecule has 7 heteroatoms. The summed E-state index contributed by atoms with van der Waals surface area (Å²) in [5.41, 5.74) is 1.39. The van der Waals surface area contributed by atoms with Gasteiger partial charge < -0.3 is 20.1 Å². The molecule has 2 amide bonds. The van der Waals surface area contributed by atoms with Crippen molar-refractivity contribution in [1.29, 1.82) is 0 Å². The molecular weight excluding hydrogens is 348 g/mol. The number of ether oxygens (including phenoxy) is 2. The summed E-state index contributed by atoms with van der Waals surface area (Å²) in [7, 11) is 1.26. The van der Waals surface area contributed by atoms with E-state index in [0.717, 1.165) is 5.56 Å². The quantitative estimate of drug-likeness (QED) is 0.731. The topological polar surface area (TPSA) is 93.7 Å². The van der Waals surface area contributed by atoms with Crippen LogP contribution in [0, 0.1) is 0 Å². The van der Waals surface area contributed by atoms with Gasteiger partial charge in [-0.3, -0.25) is 0 Å². The van der Waals surface area contributed by atoms with Crippen LogP contribution in [-0.4, -0.2) is 37.7 Å². The van der Waals surface area contributed by atoms with E-state index < -0.39 is 24.0 Å². The minimum atomic E-state index is -0.868. The first kappa shape index (κ1) is 20.0. The lowest BCUT2D eigenvalue weighted by atomic mass is 10.1. The van der Waals surface area contributed by atoms with Gasteiger partial charge in [-0.2, -0.15) is 0 Å². The van der Waals surface area contributed by atoms with Gasteiger partial charge in [-0.25, -0.2) is 14.4 Å². The third-order valence-electron chi connectivity index (χ3n) is 3.74. The molecule has 0 aliphatic rings. The highest BCUT2D eigenvalue weighted by Crippen LogP contribution is 2.16. The molecule has 142 valence electrons. The van der Waals surface area contributed by atoms with Crippen LogP contribution in [0.25, 0.3) is 0 Å². The molecule has 0 aliphatic heterocycles. The van der Waals surface area contributed by atoms with Crippen LogP contribution in [0.5, 0.6) is 0 Å². The Hall–Kier alpha value is -3.35. The first-order valence-electron chi connectivity index (χ1n) is 8.50. The second-order valence-electron chi connectivity index (χ2n) is 5.63. The van der Waals surface area contributed by atoms with Gasteiger partial charge in [-0.05, 0) is 24.6 Å². The summed E-state index contributed by atoms with van der Waals surface area (Å²) in [6.07, 6.45) is 0.278. The maximum atomic E-state index is 12.4. The Balaban J connectivity index is 2.10. The largest absolute Gasteiger partial charge is 0.467 e. The standard InChI is InChI=1S/C20H22N2O5/c1-3-27-18(23)15-11-7-8-12-16(15)21-20(25)22-17(19(24)26-2)13-14-9-5-4-6-10-14/h4-12,17H,3,13H2,1-2H3,(H2,21,22,25). The molecule has 0 radical (unpaired) electrons. The van der Waals surface area contributed by atoms with E-state index in [2.05, 4.69) is 10.6 Å². The number of methoxy groups -OCH3 is 1. The lowest BCUT2D eigenvalue weighted by molar-refractivity contribution is -0.142. The molecule has 1 unspecified atom stereocenters. The fraction of sp³-hybridized carbons (Fsp3) is 0.250. The summed E-state index contributed by atoms with van der Waals surface area (Å²) in [6.45, 7) is 1.92. The number of esters is 2. The van der Waals surface area contributed by atoms with Gasteiger partial charge in [0.05, 0.1) is 25.0 Å². The van der Waals surface area contributed by atoms with Crippen molar-refractivity contribution in [2.75, 3.05) is 19.0 Å². The Kier molecular flexibility index (Phi) is 7.37. The summed E-state index contributed by atoms with van der Waals surface area (Å²) < 4.78 is 9.76. The van der Waals surface area contributed by atoms with E-state index in [9.17, 15) is 14.4 Å². The number of carbonyl (C=O) groups excluding carboxylic acids is 3. The molecule has 0 heterocycles. The molecule has 0 fully saturated rings. The van der Waals surface area contributed by atoms with Crippen LogP contribution in [-0.2, 0) is 20.7 Å². The van der Waals surface area contributed by atoms with Crippen molar-refractivity contribution in [1.82, 2.24) is 5.32 Å². The van der Waals surface area contributed by atoms with Crippen LogP contribution in [0.1, 0.15) is 22.8 Å². The van der Waals surface area contributed by atoms with Crippen molar-refractivity contribution in [3.63, 3.8) is 0 Å². The average molecular weight is 370 g/mol. The third-order valence-corrected chi connectivity index (χ3v) is 3.74. The smallest absolute Gasteiger partial charge is 0.340 e. The van der Waals surface area contributed by atoms with Gasteiger partial charge in [-0.15, -0.1) is 0 Å². The van der Waals surface area contributed by atoms with Gasteiger partial charge in [0.25, 0.3) is 0 Å². The number of carbonyl (C=O) groups is 3. The van der Waals surface area contributed by atoms with E-state index >= 15 is 0 Å². The van der Waals surface area contributed by atoms with Gasteiger partial charge in [0, 0.05) is 6.42 Å². The molecule has 0 saturated heterocycles. The summed E-state index contributed by atoms with van der Waals surface area (Å²) in [5.74, 6) is -1.10. The van der Waals surface area contributed by atoms with Gasteiger partial charge in [0.2, 0.25) is 0 Å². The Morgan fingerprint density at radius 1 is 1.00 bits per heavy atom.